The van der Waals surface area contributed by atoms with E-state index < -0.39 is 29.7 Å². The van der Waals surface area contributed by atoms with Crippen molar-refractivity contribution in [2.24, 2.45) is 0 Å². The Balaban J connectivity index is 1.55. The van der Waals surface area contributed by atoms with Gasteiger partial charge in [0.1, 0.15) is 6.04 Å². The number of nitrogens with zero attached hydrogens (tertiary/aromatic N) is 1. The average Bonchev–Trinajstić information content (AvgIpc) is 3.52. The molecule has 2 N–H and O–H groups in total. The first-order chi connectivity index (χ1) is 18.4. The number of ether oxygens (including phenoxy) is 1. The molecule has 0 fully saturated rings. The number of carbonyl (C=O) groups excluding carboxylic acids is 3. The second kappa shape index (κ2) is 9.29. The van der Waals surface area contributed by atoms with Crippen LogP contribution in [0.15, 0.2) is 77.4 Å². The summed E-state index contributed by atoms with van der Waals surface area (Å²) in [5.41, 5.74) is 5.47. The van der Waals surface area contributed by atoms with Gasteiger partial charge in [0.25, 0.3) is 11.7 Å². The van der Waals surface area contributed by atoms with Gasteiger partial charge in [0, 0.05) is 44.6 Å². The van der Waals surface area contributed by atoms with Crippen LogP contribution >= 0.6 is 15.9 Å². The highest BCUT2D eigenvalue weighted by Crippen LogP contribution is 2.41. The molecule has 190 valence electrons. The van der Waals surface area contributed by atoms with Crippen LogP contribution in [0.3, 0.4) is 0 Å². The smallest absolute Gasteiger partial charge is 0.328 e. The van der Waals surface area contributed by atoms with Crippen molar-refractivity contribution in [3.05, 3.63) is 105 Å². The number of rotatable bonds is 4. The van der Waals surface area contributed by atoms with Crippen molar-refractivity contribution in [2.75, 3.05) is 7.11 Å². The summed E-state index contributed by atoms with van der Waals surface area (Å²) in [6.45, 7) is 1.98. The summed E-state index contributed by atoms with van der Waals surface area (Å²) in [7, 11) is 1.30. The lowest BCUT2D eigenvalue weighted by Gasteiger charge is -2.40. The van der Waals surface area contributed by atoms with Gasteiger partial charge in [-0.15, -0.1) is 0 Å². The van der Waals surface area contributed by atoms with Gasteiger partial charge in [-0.2, -0.15) is 0 Å². The van der Waals surface area contributed by atoms with E-state index in [0.29, 0.717) is 5.39 Å². The number of benzene rings is 3. The van der Waals surface area contributed by atoms with Gasteiger partial charge in [-0.25, -0.2) is 4.79 Å². The molecule has 7 nitrogen and oxygen atoms in total. The number of ketones is 1. The quantitative estimate of drug-likeness (QED) is 0.167. The van der Waals surface area contributed by atoms with E-state index in [-0.39, 0.29) is 12.0 Å². The third-order valence-corrected chi connectivity index (χ3v) is 7.81. The number of nitrogens with one attached hydrogen (secondary N) is 2. The first-order valence-corrected chi connectivity index (χ1v) is 13.0. The molecule has 1 aliphatic rings. The molecule has 0 aliphatic carbocycles. The summed E-state index contributed by atoms with van der Waals surface area (Å²) in [5.74, 6) is -2.03. The van der Waals surface area contributed by atoms with E-state index in [9.17, 15) is 14.4 Å². The third kappa shape index (κ3) is 3.83. The Morgan fingerprint density at radius 2 is 1.74 bits per heavy atom. The van der Waals surface area contributed by atoms with Gasteiger partial charge in [-0.1, -0.05) is 64.0 Å². The summed E-state index contributed by atoms with van der Waals surface area (Å²) < 4.78 is 5.96. The van der Waals surface area contributed by atoms with E-state index >= 15 is 0 Å². The number of amides is 1. The highest BCUT2D eigenvalue weighted by atomic mass is 79.9. The Bertz CT molecular complexity index is 1730. The molecular formula is C30H24BrN3O4. The second-order valence-electron chi connectivity index (χ2n) is 9.55. The number of fused-ring (bicyclic) bond motifs is 4. The number of hydrogen-bond donors (Lipinski definition) is 2. The fourth-order valence-corrected chi connectivity index (χ4v) is 5.83. The number of para-hydroxylation sites is 1. The summed E-state index contributed by atoms with van der Waals surface area (Å²) in [4.78, 5) is 49.1. The minimum Gasteiger partial charge on any atom is -0.467 e. The van der Waals surface area contributed by atoms with Crippen LogP contribution in [0.2, 0.25) is 0 Å². The van der Waals surface area contributed by atoms with Gasteiger partial charge in [-0.3, -0.25) is 9.59 Å². The summed E-state index contributed by atoms with van der Waals surface area (Å²) in [6, 6.07) is 19.5. The number of halogens is 1. The molecule has 8 heteroatoms. The Labute approximate surface area is 226 Å². The van der Waals surface area contributed by atoms with Gasteiger partial charge in [-0.05, 0) is 42.3 Å². The molecule has 2 atom stereocenters. The molecular weight excluding hydrogens is 546 g/mol. The summed E-state index contributed by atoms with van der Waals surface area (Å²) in [6.07, 6.45) is 1.77. The number of esters is 1. The largest absolute Gasteiger partial charge is 0.467 e. The summed E-state index contributed by atoms with van der Waals surface area (Å²) in [5, 5.41) is 1.61. The van der Waals surface area contributed by atoms with Crippen molar-refractivity contribution in [1.82, 2.24) is 14.9 Å². The maximum atomic E-state index is 14.2. The lowest BCUT2D eigenvalue weighted by molar-refractivity contribution is -0.153. The minimum absolute atomic E-state index is 0.229. The highest BCUT2D eigenvalue weighted by Gasteiger charge is 2.46. The first-order valence-electron chi connectivity index (χ1n) is 12.2. The van der Waals surface area contributed by atoms with Crippen LogP contribution in [-0.2, 0) is 20.7 Å². The molecule has 2 aromatic heterocycles. The van der Waals surface area contributed by atoms with Crippen molar-refractivity contribution in [2.45, 2.75) is 25.4 Å². The molecule has 38 heavy (non-hydrogen) atoms. The molecule has 0 saturated heterocycles. The minimum atomic E-state index is -0.980. The lowest BCUT2D eigenvalue weighted by atomic mass is 9.87. The van der Waals surface area contributed by atoms with E-state index in [1.54, 1.807) is 12.3 Å². The lowest BCUT2D eigenvalue weighted by Crippen LogP contribution is -2.53. The van der Waals surface area contributed by atoms with Gasteiger partial charge in [0.05, 0.1) is 18.7 Å². The Hall–Kier alpha value is -4.17. The Morgan fingerprint density at radius 3 is 2.50 bits per heavy atom. The molecule has 6 rings (SSSR count). The van der Waals surface area contributed by atoms with Crippen LogP contribution in [0.1, 0.15) is 38.8 Å². The fraction of sp³-hybridized carbons (Fsp3) is 0.167. The Morgan fingerprint density at radius 1 is 0.974 bits per heavy atom. The maximum Gasteiger partial charge on any atom is 0.328 e. The maximum absolute atomic E-state index is 14.2. The van der Waals surface area contributed by atoms with Crippen LogP contribution in [0.25, 0.3) is 21.8 Å². The van der Waals surface area contributed by atoms with Gasteiger partial charge < -0.3 is 19.6 Å². The predicted molar refractivity (Wildman–Crippen MR) is 148 cm³/mol. The zero-order valence-electron chi connectivity index (χ0n) is 20.7. The fourth-order valence-electron chi connectivity index (χ4n) is 5.47. The number of aryl methyl sites for hydroxylation is 1. The zero-order valence-corrected chi connectivity index (χ0v) is 22.3. The first kappa shape index (κ1) is 24.2. The highest BCUT2D eigenvalue weighted by molar-refractivity contribution is 9.10. The normalized spacial score (nSPS) is 17.0. The molecule has 3 aromatic carbocycles. The van der Waals surface area contributed by atoms with E-state index in [2.05, 4.69) is 25.9 Å². The molecule has 5 aromatic rings. The monoisotopic (exact) mass is 569 g/mol. The van der Waals surface area contributed by atoms with Crippen molar-refractivity contribution in [3.63, 3.8) is 0 Å². The van der Waals surface area contributed by atoms with Crippen LogP contribution in [0.4, 0.5) is 0 Å². The van der Waals surface area contributed by atoms with Crippen molar-refractivity contribution >= 4 is 55.4 Å². The number of aromatic nitrogens is 2. The SMILES string of the molecule is COC(=O)[C@@H]1Cc2c([nH]c3ccccc23)[C@H](c2ccc(C)cc2)N1C(=O)C(=O)c1c[nH]c2ccc(Br)cc12. The number of H-pyrrole nitrogens is 2. The van der Waals surface area contributed by atoms with E-state index in [1.165, 1.54) is 12.0 Å². The van der Waals surface area contributed by atoms with Crippen LogP contribution in [-0.4, -0.2) is 45.7 Å². The average molecular weight is 570 g/mol. The zero-order chi connectivity index (χ0) is 26.6. The standard InChI is InChI=1S/C30H24BrN3O4/c1-16-7-9-17(10-8-16)27-26-21(19-5-3-4-6-24(19)33-26)14-25(30(37)38-2)34(27)29(36)28(35)22-15-32-23-12-11-18(31)13-20(22)23/h3-13,15,25,27,32-33H,14H2,1-2H3/t25-,27-/m0/s1. The molecule has 0 bridgehead atoms. The molecule has 0 radical (unpaired) electrons. The third-order valence-electron chi connectivity index (χ3n) is 7.32. The number of methoxy groups -OCH3 is 1. The number of aromatic amines is 2. The molecule has 0 spiro atoms. The van der Waals surface area contributed by atoms with E-state index in [4.69, 9.17) is 4.74 Å². The van der Waals surface area contributed by atoms with E-state index in [0.717, 1.165) is 43.3 Å². The van der Waals surface area contributed by atoms with Gasteiger partial charge in [0.15, 0.2) is 0 Å². The van der Waals surface area contributed by atoms with Crippen LogP contribution < -0.4 is 0 Å². The second-order valence-corrected chi connectivity index (χ2v) is 10.5. The Kier molecular flexibility index (Phi) is 5.91. The molecule has 3 heterocycles. The van der Waals surface area contributed by atoms with Gasteiger partial charge in [0.2, 0.25) is 0 Å². The predicted octanol–water partition coefficient (Wildman–Crippen LogP) is 5.62. The van der Waals surface area contributed by atoms with E-state index in [1.807, 2.05) is 67.6 Å². The van der Waals surface area contributed by atoms with Crippen molar-refractivity contribution in [1.29, 1.82) is 0 Å². The van der Waals surface area contributed by atoms with Crippen LogP contribution in [0, 0.1) is 6.92 Å². The van der Waals surface area contributed by atoms with Gasteiger partial charge >= 0.3 is 5.97 Å². The topological polar surface area (TPSA) is 95.3 Å². The number of Topliss-reactive ketones (excluding diaryl/α,β-unsaturated/α-hetero) is 1. The summed E-state index contributed by atoms with van der Waals surface area (Å²) >= 11 is 3.45. The number of hydrogen-bond acceptors (Lipinski definition) is 4. The molecule has 1 amide bonds. The molecule has 1 aliphatic heterocycles. The number of carbonyl (C=O) groups is 3. The molecule has 0 saturated carbocycles. The van der Waals surface area contributed by atoms with Crippen LogP contribution in [0.5, 0.6) is 0 Å². The van der Waals surface area contributed by atoms with Crippen molar-refractivity contribution in [3.8, 4) is 0 Å². The molecule has 0 unspecified atom stereocenters. The van der Waals surface area contributed by atoms with Crippen molar-refractivity contribution < 1.29 is 19.1 Å².